The minimum atomic E-state index is -1.37. The zero-order valence-electron chi connectivity index (χ0n) is 24.0. The van der Waals surface area contributed by atoms with Crippen LogP contribution in [0.25, 0.3) is 11.0 Å². The molecule has 1 spiro atoms. The summed E-state index contributed by atoms with van der Waals surface area (Å²) in [6, 6.07) is 5.84. The van der Waals surface area contributed by atoms with Crippen molar-refractivity contribution in [2.24, 2.45) is 17.8 Å². The first-order valence-electron chi connectivity index (χ1n) is 14.5. The molecule has 2 aromatic rings. The predicted octanol–water partition coefficient (Wildman–Crippen LogP) is 1.58. The summed E-state index contributed by atoms with van der Waals surface area (Å²) >= 11 is 0. The molecule has 11 heteroatoms. The highest BCUT2D eigenvalue weighted by atomic mass is 16.5. The van der Waals surface area contributed by atoms with Crippen LogP contribution >= 0.6 is 0 Å². The normalized spacial score (nSPS) is 32.0. The number of rotatable bonds is 7. The van der Waals surface area contributed by atoms with Gasteiger partial charge in [-0.05, 0) is 31.4 Å². The van der Waals surface area contributed by atoms with Crippen LogP contribution in [0.1, 0.15) is 34.1 Å². The number of hydrogen-bond acceptors (Lipinski definition) is 7. The number of aromatic nitrogens is 3. The van der Waals surface area contributed by atoms with E-state index >= 15 is 0 Å². The molecule has 1 aromatic heterocycles. The number of benzene rings is 1. The fourth-order valence-electron chi connectivity index (χ4n) is 7.32. The van der Waals surface area contributed by atoms with E-state index < -0.39 is 35.1 Å². The van der Waals surface area contributed by atoms with Gasteiger partial charge in [-0.3, -0.25) is 14.4 Å². The number of carbonyl (C=O) groups is 3. The number of amides is 3. The molecule has 0 bridgehead atoms. The fourth-order valence-corrected chi connectivity index (χ4v) is 7.32. The van der Waals surface area contributed by atoms with Gasteiger partial charge in [0.15, 0.2) is 0 Å². The molecule has 2 fully saturated rings. The smallest absolute Gasteiger partial charge is 0.250 e. The van der Waals surface area contributed by atoms with E-state index in [-0.39, 0.29) is 43.5 Å². The van der Waals surface area contributed by atoms with E-state index in [0.717, 1.165) is 11.9 Å². The first-order valence-corrected chi connectivity index (χ1v) is 14.5. The molecule has 0 saturated carbocycles. The molecule has 5 heterocycles. The highest BCUT2D eigenvalue weighted by Crippen LogP contribution is 2.58. The van der Waals surface area contributed by atoms with E-state index in [1.165, 1.54) is 4.90 Å². The van der Waals surface area contributed by atoms with Gasteiger partial charge in [0, 0.05) is 19.6 Å². The molecule has 0 radical (unpaired) electrons. The minimum Gasteiger partial charge on any atom is -0.394 e. The number of ether oxygens (including phenoxy) is 1. The van der Waals surface area contributed by atoms with Gasteiger partial charge in [-0.15, -0.1) is 5.10 Å². The van der Waals surface area contributed by atoms with E-state index in [0.29, 0.717) is 18.6 Å². The van der Waals surface area contributed by atoms with Crippen LogP contribution in [0, 0.1) is 17.8 Å². The third-order valence-electron chi connectivity index (χ3n) is 9.19. The average Bonchev–Trinajstić information content (AvgIpc) is 3.47. The summed E-state index contributed by atoms with van der Waals surface area (Å²) in [5, 5.41) is 19.0. The topological polar surface area (TPSA) is 121 Å². The third-order valence-corrected chi connectivity index (χ3v) is 9.19. The first-order chi connectivity index (χ1) is 19.7. The first kappa shape index (κ1) is 27.6. The highest BCUT2D eigenvalue weighted by molar-refractivity contribution is 6.00. The summed E-state index contributed by atoms with van der Waals surface area (Å²) in [6.45, 7) is 8.78. The standard InChI is InChI=1S/C30H38N6O5/c1-5-14-33-15-8-12-29(4)23(26(33)38)24-27(39)36(22(17-37)19(2)3)25-28(40)34(16-9-13-30(24,25)41-29)18-35-21-11-7-6-10-20(21)31-32-35/h6-13,19,22-25,37H,5,14-18H2,1-4H3/t22-,23+,24-,25?,29-,30-/m0/s1. The van der Waals surface area contributed by atoms with Crippen LogP contribution < -0.4 is 0 Å². The Morgan fingerprint density at radius 1 is 1.02 bits per heavy atom. The molecule has 2 saturated heterocycles. The number of aliphatic hydroxyl groups is 1. The number of carbonyl (C=O) groups excluding carboxylic acids is 3. The van der Waals surface area contributed by atoms with Crippen molar-refractivity contribution in [3.63, 3.8) is 0 Å². The summed E-state index contributed by atoms with van der Waals surface area (Å²) in [5.74, 6) is -2.64. The molecule has 41 heavy (non-hydrogen) atoms. The Morgan fingerprint density at radius 2 is 1.76 bits per heavy atom. The lowest BCUT2D eigenvalue weighted by atomic mass is 9.74. The molecular weight excluding hydrogens is 524 g/mol. The van der Waals surface area contributed by atoms with Crippen molar-refractivity contribution in [3.8, 4) is 0 Å². The van der Waals surface area contributed by atoms with Gasteiger partial charge < -0.3 is 24.5 Å². The van der Waals surface area contributed by atoms with E-state index in [1.54, 1.807) is 14.5 Å². The van der Waals surface area contributed by atoms with Gasteiger partial charge in [-0.25, -0.2) is 4.68 Å². The summed E-state index contributed by atoms with van der Waals surface area (Å²) in [5.41, 5.74) is -0.938. The molecule has 6 rings (SSSR count). The molecule has 1 aromatic carbocycles. The van der Waals surface area contributed by atoms with Gasteiger partial charge in [0.1, 0.15) is 23.8 Å². The predicted molar refractivity (Wildman–Crippen MR) is 150 cm³/mol. The number of nitrogens with zero attached hydrogens (tertiary/aromatic N) is 6. The lowest BCUT2D eigenvalue weighted by Crippen LogP contribution is -2.59. The van der Waals surface area contributed by atoms with E-state index in [1.807, 2.05) is 76.3 Å². The van der Waals surface area contributed by atoms with Gasteiger partial charge in [-0.1, -0.05) is 62.4 Å². The maximum atomic E-state index is 14.6. The number of aliphatic hydroxyl groups excluding tert-OH is 1. The van der Waals surface area contributed by atoms with Gasteiger partial charge in [0.05, 0.1) is 35.6 Å². The van der Waals surface area contributed by atoms with Gasteiger partial charge in [-0.2, -0.15) is 0 Å². The molecule has 6 atom stereocenters. The molecular formula is C30H38N6O5. The van der Waals surface area contributed by atoms with Crippen LogP contribution in [0.2, 0.25) is 0 Å². The van der Waals surface area contributed by atoms with Crippen LogP contribution in [0.15, 0.2) is 48.6 Å². The van der Waals surface area contributed by atoms with Gasteiger partial charge >= 0.3 is 0 Å². The second-order valence-electron chi connectivity index (χ2n) is 12.1. The Kier molecular flexibility index (Phi) is 6.77. The summed E-state index contributed by atoms with van der Waals surface area (Å²) in [4.78, 5) is 48.1. The second-order valence-corrected chi connectivity index (χ2v) is 12.1. The van der Waals surface area contributed by atoms with Crippen molar-refractivity contribution in [3.05, 3.63) is 48.6 Å². The van der Waals surface area contributed by atoms with Gasteiger partial charge in [0.25, 0.3) is 5.91 Å². The number of hydrogen-bond donors (Lipinski definition) is 1. The summed E-state index contributed by atoms with van der Waals surface area (Å²) < 4.78 is 8.54. The number of likely N-dealkylation sites (tertiary alicyclic amines) is 1. The highest BCUT2D eigenvalue weighted by Gasteiger charge is 2.75. The summed E-state index contributed by atoms with van der Waals surface area (Å²) in [7, 11) is 0. The third kappa shape index (κ3) is 4.04. The quantitative estimate of drug-likeness (QED) is 0.509. The maximum absolute atomic E-state index is 14.6. The van der Waals surface area contributed by atoms with Gasteiger partial charge in [0.2, 0.25) is 11.8 Å². The van der Waals surface area contributed by atoms with E-state index in [4.69, 9.17) is 4.74 Å². The average molecular weight is 563 g/mol. The van der Waals surface area contributed by atoms with Crippen molar-refractivity contribution < 1.29 is 24.2 Å². The van der Waals surface area contributed by atoms with Crippen molar-refractivity contribution in [1.29, 1.82) is 0 Å². The monoisotopic (exact) mass is 562 g/mol. The molecule has 3 amide bonds. The Bertz CT molecular complexity index is 1440. The number of fused-ring (bicyclic) bond motifs is 3. The van der Waals surface area contributed by atoms with Crippen molar-refractivity contribution in [1.82, 2.24) is 29.7 Å². The molecule has 4 aliphatic heterocycles. The Balaban J connectivity index is 1.46. The maximum Gasteiger partial charge on any atom is 0.250 e. The SMILES string of the molecule is CCCN1CC=C[C@]2(C)O[C@]34C=CCN(Cn5nnc6ccccc65)C(=O)C3N([C@@H](CO)C(C)C)C(=O)[C@@H]4[C@@H]2C1=O. The van der Waals surface area contributed by atoms with Crippen LogP contribution in [0.4, 0.5) is 0 Å². The zero-order valence-corrected chi connectivity index (χ0v) is 24.0. The van der Waals surface area contributed by atoms with E-state index in [9.17, 15) is 19.5 Å². The lowest BCUT2D eigenvalue weighted by molar-refractivity contribution is -0.157. The Hall–Kier alpha value is -3.57. The van der Waals surface area contributed by atoms with Crippen LogP contribution in [-0.4, -0.2) is 102 Å². The summed E-state index contributed by atoms with van der Waals surface area (Å²) in [6.07, 6.45) is 8.29. The fraction of sp³-hybridized carbons (Fsp3) is 0.567. The van der Waals surface area contributed by atoms with Crippen molar-refractivity contribution in [2.45, 2.75) is 64.1 Å². The van der Waals surface area contributed by atoms with Crippen molar-refractivity contribution in [2.75, 3.05) is 26.2 Å². The molecule has 1 N–H and O–H groups in total. The van der Waals surface area contributed by atoms with Crippen molar-refractivity contribution >= 4 is 28.8 Å². The van der Waals surface area contributed by atoms with Crippen LogP contribution in [0.3, 0.4) is 0 Å². The lowest BCUT2D eigenvalue weighted by Gasteiger charge is -2.41. The minimum absolute atomic E-state index is 0.123. The van der Waals surface area contributed by atoms with Crippen LogP contribution in [-0.2, 0) is 25.8 Å². The molecule has 1 unspecified atom stereocenters. The molecule has 0 aliphatic carbocycles. The molecule has 218 valence electrons. The zero-order chi connectivity index (χ0) is 29.1. The van der Waals surface area contributed by atoms with Crippen LogP contribution in [0.5, 0.6) is 0 Å². The van der Waals surface area contributed by atoms with E-state index in [2.05, 4.69) is 10.3 Å². The molecule has 11 nitrogen and oxygen atoms in total. The largest absolute Gasteiger partial charge is 0.394 e. The Labute approximate surface area is 239 Å². The second kappa shape index (κ2) is 10.1. The Morgan fingerprint density at radius 3 is 2.49 bits per heavy atom. The molecule has 4 aliphatic rings. The number of para-hydroxylation sites is 1.